The molecule has 85 heavy (non-hydrogen) atoms. The molecule has 0 spiro atoms. The summed E-state index contributed by atoms with van der Waals surface area (Å²) in [5.74, 6) is -2.34. The number of aromatic amines is 1. The second-order valence-corrected chi connectivity index (χ2v) is 24.1. The van der Waals surface area contributed by atoms with E-state index in [9.17, 15) is 79.2 Å². The molecule has 2 aromatic carbocycles. The quantitative estimate of drug-likeness (QED) is 0.0125. The first-order valence-corrected chi connectivity index (χ1v) is 29.9. The summed E-state index contributed by atoms with van der Waals surface area (Å²) in [4.78, 5) is 140. The van der Waals surface area contributed by atoms with Crippen LogP contribution in [0.2, 0.25) is 0 Å². The Bertz CT molecular complexity index is 3900. The van der Waals surface area contributed by atoms with Crippen LogP contribution in [0.25, 0.3) is 55.7 Å². The number of anilines is 2. The number of H-pyrrole nitrogens is 1. The van der Waals surface area contributed by atoms with Gasteiger partial charge in [0.05, 0.1) is 19.3 Å². The van der Waals surface area contributed by atoms with Crippen LogP contribution in [0.15, 0.2) is 87.6 Å². The first-order valence-electron chi connectivity index (χ1n) is 25.5. The summed E-state index contributed by atoms with van der Waals surface area (Å²) in [6.07, 6.45) is -7.28. The molecule has 10 atom stereocenters. The minimum Gasteiger partial charge on any atom is -0.872 e. The molecule has 7 heterocycles. The predicted octanol–water partition coefficient (Wildman–Crippen LogP) is -4.55. The molecule has 2 saturated heterocycles. The van der Waals surface area contributed by atoms with Gasteiger partial charge in [-0.1, -0.05) is 36.0 Å². The number of carbonyl (C=O) groups excluding carboxylic acids is 2. The van der Waals surface area contributed by atoms with E-state index in [2.05, 4.69) is 53.2 Å². The molecular weight excluding hydrogens is 1190 g/mol. The van der Waals surface area contributed by atoms with Crippen molar-refractivity contribution >= 4 is 81.5 Å². The second-order valence-electron chi connectivity index (χ2n) is 19.5. The Hall–Kier alpha value is -6.98. The van der Waals surface area contributed by atoms with Gasteiger partial charge < -0.3 is 85.3 Å². The Morgan fingerprint density at radius 3 is 2.24 bits per heavy atom. The summed E-state index contributed by atoms with van der Waals surface area (Å²) < 4.78 is 38.1. The average Bonchev–Trinajstić information content (AvgIpc) is 2.15. The van der Waals surface area contributed by atoms with Gasteiger partial charge >= 0.3 is 30.2 Å². The summed E-state index contributed by atoms with van der Waals surface area (Å²) in [7, 11) is -16.5. The molecule has 34 nitrogen and oxygen atoms in total. The standard InChI is InChI=1S/C48H52N11O23P3/c1-57-21-59(42-35(57)44(67)56-48(49)55-42)46-39(65)37(63)32(80-46)18-77-84(72,73)82-85(74,75)81-83(70,71)76-17-31-36(62)38(64)45(79-31)58-20-54-34-40(52-19-53-41(34)58)50-12-4-2-3-5-13-51-43(66)22-6-9-25(28(14-22)47(68)69)33-26-10-7-23(60)15-29(26)78-30-16-24(61)8-11-27(30)33/h6-11,14-16,19-21,31-32,36-39,45-46,62-65H,2-5,12-13,17-18H2,1H3,(H9-,49,50,51,52,53,55,56,60,61,66,67,68,69,70,71,72,73,74,75)/p-2/t31-,32-,36-,37-,38-,39-,45-,46-/m1/s1. The molecule has 0 bridgehead atoms. The Kier molecular flexibility index (Phi) is 17.6. The number of imidazole rings is 2. The lowest BCUT2D eigenvalue weighted by Crippen LogP contribution is -2.46. The number of hydrogen-bond acceptors (Lipinski definition) is 29. The number of carbonyl (C=O) groups is 2. The summed E-state index contributed by atoms with van der Waals surface area (Å²) in [5.41, 5.74) is 5.70. The van der Waals surface area contributed by atoms with Gasteiger partial charge in [-0.05, 0) is 57.4 Å². The molecule has 1 aliphatic carbocycles. The average molecular weight is 1240 g/mol. The Morgan fingerprint density at radius 2 is 1.52 bits per heavy atom. The van der Waals surface area contributed by atoms with Crippen LogP contribution in [0, 0.1) is 0 Å². The Morgan fingerprint density at radius 1 is 0.835 bits per heavy atom. The fourth-order valence-corrected chi connectivity index (χ4v) is 13.3. The van der Waals surface area contributed by atoms with Crippen LogP contribution in [0.3, 0.4) is 0 Å². The van der Waals surface area contributed by atoms with Gasteiger partial charge in [-0.25, -0.2) is 19.5 Å². The van der Waals surface area contributed by atoms with Crippen molar-refractivity contribution in [3.8, 4) is 28.2 Å². The molecule has 3 aliphatic heterocycles. The number of nitrogens with two attached hydrogens (primary N) is 1. The number of fused-ring (bicyclic) bond motifs is 4. The van der Waals surface area contributed by atoms with E-state index in [4.69, 9.17) is 19.6 Å². The van der Waals surface area contributed by atoms with Gasteiger partial charge in [-0.3, -0.25) is 28.5 Å². The lowest BCUT2D eigenvalue weighted by Gasteiger charge is -2.33. The number of hydrogen-bond donors (Lipinski definition) is 10. The maximum absolute atomic E-state index is 13.2. The molecule has 0 saturated carbocycles. The monoisotopic (exact) mass is 1240 g/mol. The van der Waals surface area contributed by atoms with Crippen molar-refractivity contribution in [1.29, 1.82) is 0 Å². The third kappa shape index (κ3) is 13.1. The van der Waals surface area contributed by atoms with Crippen LogP contribution in [-0.4, -0.2) is 139 Å². The molecule has 4 aromatic heterocycles. The van der Waals surface area contributed by atoms with Crippen LogP contribution < -0.4 is 61.7 Å². The lowest BCUT2D eigenvalue weighted by atomic mass is 9.90. The SMILES string of the molecule is Cn1c[n+]([C@@H]2O[C@H](CO[P+]([O-])(O)O[P+]([O-])([O-])O[P+]([O-])(O)OC[C@H]3O[C@@H](n4cnc5c(NCCCCCCNC(=O)c6ccc(-c7c8ccc(=O)cc-8oc8cc([O-])ccc78)c(C(=O)[O-])c6)ncnc54)[C@H](O)[C@@H]3O)[C@@H](O)[C@H]2O)c2nc(N)[nH]c(=O)c21. The summed E-state index contributed by atoms with van der Waals surface area (Å²) in [6.45, 7) is -1.60. The number of nitrogen functional groups attached to an aromatic ring is 1. The van der Waals surface area contributed by atoms with Gasteiger partial charge in [0, 0.05) is 46.8 Å². The highest BCUT2D eigenvalue weighted by molar-refractivity contribution is 7.71. The smallest absolute Gasteiger partial charge is 0.429 e. The largest absolute Gasteiger partial charge is 0.872 e. The van der Waals surface area contributed by atoms with Crippen molar-refractivity contribution in [2.75, 3.05) is 37.4 Å². The number of unbranched alkanes of at least 4 members (excludes halogenated alkanes) is 3. The van der Waals surface area contributed by atoms with E-state index in [1.807, 2.05) is 0 Å². The summed E-state index contributed by atoms with van der Waals surface area (Å²) in [5, 5.41) is 74.1. The highest BCUT2D eigenvalue weighted by atomic mass is 31.3. The minimum absolute atomic E-state index is 0.00855. The number of amides is 1. The minimum atomic E-state index is -6.31. The van der Waals surface area contributed by atoms with Crippen molar-refractivity contribution in [2.24, 2.45) is 7.05 Å². The van der Waals surface area contributed by atoms with Crippen molar-refractivity contribution in [3.05, 3.63) is 105 Å². The van der Waals surface area contributed by atoms with Gasteiger partial charge in [-0.15, -0.1) is 5.75 Å². The molecule has 10 rings (SSSR count). The van der Waals surface area contributed by atoms with Crippen molar-refractivity contribution in [1.82, 2.24) is 39.4 Å². The number of phosphoric ester groups is 2. The normalized spacial score (nSPS) is 22.3. The molecule has 37 heteroatoms. The number of aromatic nitrogens is 8. The molecule has 0 radical (unpaired) electrons. The van der Waals surface area contributed by atoms with Crippen molar-refractivity contribution < 1.29 is 106 Å². The maximum atomic E-state index is 13.2. The predicted molar refractivity (Wildman–Crippen MR) is 280 cm³/mol. The summed E-state index contributed by atoms with van der Waals surface area (Å²) in [6, 6.07) is 12.1. The maximum Gasteiger partial charge on any atom is 0.429 e. The van der Waals surface area contributed by atoms with Gasteiger partial charge in [0.1, 0.15) is 67.5 Å². The Balaban J connectivity index is 0.668. The third-order valence-corrected chi connectivity index (χ3v) is 17.9. The van der Waals surface area contributed by atoms with E-state index in [1.54, 1.807) is 0 Å². The highest BCUT2D eigenvalue weighted by Gasteiger charge is 2.53. The molecular formula is C48H50N11O23P3-2. The molecule has 1 amide bonds. The van der Waals surface area contributed by atoms with E-state index in [1.165, 1.54) is 89.8 Å². The first-order chi connectivity index (χ1) is 40.3. The number of carboxylic acid groups (broad SMARTS) is 1. The van der Waals surface area contributed by atoms with Crippen LogP contribution in [0.4, 0.5) is 11.8 Å². The summed E-state index contributed by atoms with van der Waals surface area (Å²) >= 11 is 0. The van der Waals surface area contributed by atoms with Gasteiger partial charge in [0.25, 0.3) is 17.4 Å². The van der Waals surface area contributed by atoms with E-state index in [0.29, 0.717) is 48.7 Å². The fourth-order valence-electron chi connectivity index (χ4n) is 9.79. The van der Waals surface area contributed by atoms with Crippen LogP contribution in [0.5, 0.6) is 5.75 Å². The van der Waals surface area contributed by atoms with E-state index in [-0.39, 0.29) is 79.9 Å². The molecule has 11 N–H and O–H groups in total. The number of aromatic carboxylic acids is 1. The number of aliphatic hydroxyl groups excluding tert-OH is 4. The third-order valence-electron chi connectivity index (χ3n) is 13.7. The first kappa shape index (κ1) is 61.1. The van der Waals surface area contributed by atoms with E-state index >= 15 is 0 Å². The molecule has 452 valence electrons. The van der Waals surface area contributed by atoms with Crippen LogP contribution in [-0.2, 0) is 34.2 Å². The van der Waals surface area contributed by atoms with Gasteiger partial charge in [0.2, 0.25) is 11.7 Å². The van der Waals surface area contributed by atoms with Crippen LogP contribution in [0.1, 0.15) is 58.9 Å². The number of aryl methyl sites for hydroxylation is 1. The number of rotatable bonds is 23. The van der Waals surface area contributed by atoms with Gasteiger partial charge in [-0.2, -0.15) is 18.8 Å². The zero-order valence-electron chi connectivity index (χ0n) is 43.9. The Labute approximate surface area is 477 Å². The van der Waals surface area contributed by atoms with Gasteiger partial charge in [0.15, 0.2) is 35.0 Å². The number of phosphoric acid groups is 3. The zero-order valence-corrected chi connectivity index (χ0v) is 46.6. The zero-order chi connectivity index (χ0) is 60.9. The lowest BCUT2D eigenvalue weighted by molar-refractivity contribution is -0.745. The number of nitrogens with one attached hydrogen (secondary N) is 3. The molecule has 2 fully saturated rings. The van der Waals surface area contributed by atoms with Crippen LogP contribution >= 0.6 is 24.5 Å². The molecule has 4 aliphatic rings. The fraction of sp³-hybridized carbons (Fsp3) is 0.354. The number of nitrogens with zero attached hydrogens (tertiary/aromatic N) is 7. The molecule has 2 unspecified atom stereocenters. The number of aliphatic hydroxyl groups is 4. The van der Waals surface area contributed by atoms with E-state index in [0.717, 1.165) is 4.57 Å². The van der Waals surface area contributed by atoms with Crippen molar-refractivity contribution in [3.63, 3.8) is 0 Å². The topological polar surface area (TPSA) is 528 Å². The number of carboxylic acids is 1. The molecule has 6 aromatic rings. The second kappa shape index (κ2) is 24.4. The number of benzene rings is 3. The van der Waals surface area contributed by atoms with E-state index < -0.39 is 104 Å². The number of ether oxygens (including phenoxy) is 2. The highest BCUT2D eigenvalue weighted by Crippen LogP contribution is 2.70. The van der Waals surface area contributed by atoms with Crippen molar-refractivity contribution in [2.45, 2.75) is 74.8 Å².